The predicted molar refractivity (Wildman–Crippen MR) is 119 cm³/mol. The van der Waals surface area contributed by atoms with Crippen molar-refractivity contribution in [2.24, 2.45) is 0 Å². The van der Waals surface area contributed by atoms with E-state index < -0.39 is 6.04 Å². The molecule has 0 aliphatic carbocycles. The third kappa shape index (κ3) is 7.04. The standard InChI is InChI=1S/C25H34N2O2/c1-5-7-16-26-25(29)23(6-2)27(18-22-14-10-20(4)11-15-22)24(28)17-21-12-8-19(3)9-13-21/h8-15,23H,5-7,16-18H2,1-4H3,(H,26,29)/t23-/m0/s1. The largest absolute Gasteiger partial charge is 0.354 e. The zero-order valence-electron chi connectivity index (χ0n) is 18.2. The fraction of sp³-hybridized carbons (Fsp3) is 0.440. The van der Waals surface area contributed by atoms with E-state index in [1.807, 2.05) is 69.3 Å². The van der Waals surface area contributed by atoms with Gasteiger partial charge in [-0.05, 0) is 37.8 Å². The Bertz CT molecular complexity index is 781. The Morgan fingerprint density at radius 2 is 1.45 bits per heavy atom. The first kappa shape index (κ1) is 22.7. The molecule has 29 heavy (non-hydrogen) atoms. The van der Waals surface area contributed by atoms with Crippen LogP contribution in [0.15, 0.2) is 48.5 Å². The van der Waals surface area contributed by atoms with Crippen molar-refractivity contribution in [1.29, 1.82) is 0 Å². The van der Waals surface area contributed by atoms with E-state index in [0.29, 0.717) is 25.9 Å². The lowest BCUT2D eigenvalue weighted by atomic mass is 10.1. The molecule has 0 fully saturated rings. The van der Waals surface area contributed by atoms with Crippen LogP contribution in [0.5, 0.6) is 0 Å². The van der Waals surface area contributed by atoms with Gasteiger partial charge in [0, 0.05) is 13.1 Å². The van der Waals surface area contributed by atoms with Gasteiger partial charge in [-0.15, -0.1) is 0 Å². The van der Waals surface area contributed by atoms with Gasteiger partial charge in [0.1, 0.15) is 6.04 Å². The molecule has 0 saturated heterocycles. The number of hydrogen-bond acceptors (Lipinski definition) is 2. The first-order valence-corrected chi connectivity index (χ1v) is 10.6. The summed E-state index contributed by atoms with van der Waals surface area (Å²) >= 11 is 0. The Morgan fingerprint density at radius 1 is 0.897 bits per heavy atom. The fourth-order valence-corrected chi connectivity index (χ4v) is 3.30. The second-order valence-electron chi connectivity index (χ2n) is 7.74. The highest BCUT2D eigenvalue weighted by atomic mass is 16.2. The van der Waals surface area contributed by atoms with Crippen molar-refractivity contribution < 1.29 is 9.59 Å². The van der Waals surface area contributed by atoms with Crippen LogP contribution >= 0.6 is 0 Å². The van der Waals surface area contributed by atoms with Crippen LogP contribution in [0.25, 0.3) is 0 Å². The summed E-state index contributed by atoms with van der Waals surface area (Å²) in [6, 6.07) is 15.7. The molecule has 156 valence electrons. The Balaban J connectivity index is 2.22. The highest BCUT2D eigenvalue weighted by molar-refractivity contribution is 5.88. The molecule has 0 aromatic heterocycles. The van der Waals surface area contributed by atoms with Gasteiger partial charge in [-0.2, -0.15) is 0 Å². The summed E-state index contributed by atoms with van der Waals surface area (Å²) < 4.78 is 0. The molecule has 2 aromatic carbocycles. The Labute approximate surface area is 175 Å². The molecular formula is C25H34N2O2. The highest BCUT2D eigenvalue weighted by Gasteiger charge is 2.28. The van der Waals surface area contributed by atoms with E-state index in [4.69, 9.17) is 0 Å². The molecule has 0 aliphatic heterocycles. The Kier molecular flexibility index (Phi) is 8.91. The Morgan fingerprint density at radius 3 is 1.97 bits per heavy atom. The summed E-state index contributed by atoms with van der Waals surface area (Å²) in [5.41, 5.74) is 4.35. The van der Waals surface area contributed by atoms with Gasteiger partial charge in [0.2, 0.25) is 11.8 Å². The zero-order chi connectivity index (χ0) is 21.2. The number of unbranched alkanes of at least 4 members (excludes halogenated alkanes) is 1. The maximum Gasteiger partial charge on any atom is 0.242 e. The van der Waals surface area contributed by atoms with E-state index in [1.54, 1.807) is 4.90 Å². The van der Waals surface area contributed by atoms with Crippen LogP contribution < -0.4 is 5.32 Å². The number of nitrogens with one attached hydrogen (secondary N) is 1. The predicted octanol–water partition coefficient (Wildman–Crippen LogP) is 4.57. The minimum Gasteiger partial charge on any atom is -0.354 e. The molecule has 2 rings (SSSR count). The first-order chi connectivity index (χ1) is 13.9. The van der Waals surface area contributed by atoms with Crippen LogP contribution in [0, 0.1) is 13.8 Å². The molecular weight excluding hydrogens is 360 g/mol. The lowest BCUT2D eigenvalue weighted by Crippen LogP contribution is -2.49. The van der Waals surface area contributed by atoms with Crippen molar-refractivity contribution in [3.05, 3.63) is 70.8 Å². The van der Waals surface area contributed by atoms with Crippen molar-refractivity contribution in [3.8, 4) is 0 Å². The molecule has 0 saturated carbocycles. The smallest absolute Gasteiger partial charge is 0.242 e. The summed E-state index contributed by atoms with van der Waals surface area (Å²) in [5.74, 6) is -0.0859. The molecule has 2 aromatic rings. The van der Waals surface area contributed by atoms with E-state index in [9.17, 15) is 9.59 Å². The second kappa shape index (κ2) is 11.4. The summed E-state index contributed by atoms with van der Waals surface area (Å²) in [7, 11) is 0. The maximum atomic E-state index is 13.2. The van der Waals surface area contributed by atoms with E-state index >= 15 is 0 Å². The minimum atomic E-state index is -0.467. The number of aryl methyl sites for hydroxylation is 2. The van der Waals surface area contributed by atoms with Crippen LogP contribution in [0.1, 0.15) is 55.4 Å². The van der Waals surface area contributed by atoms with Crippen LogP contribution in [0.3, 0.4) is 0 Å². The quantitative estimate of drug-likeness (QED) is 0.600. The average Bonchev–Trinajstić information content (AvgIpc) is 2.71. The normalized spacial score (nSPS) is 11.7. The summed E-state index contributed by atoms with van der Waals surface area (Å²) in [6.45, 7) is 9.22. The molecule has 0 aliphatic rings. The van der Waals surface area contributed by atoms with Gasteiger partial charge < -0.3 is 10.2 Å². The third-order valence-corrected chi connectivity index (χ3v) is 5.16. The maximum absolute atomic E-state index is 13.2. The van der Waals surface area contributed by atoms with Crippen LogP contribution in [0.2, 0.25) is 0 Å². The molecule has 0 spiro atoms. The number of benzene rings is 2. The SMILES string of the molecule is CCCCNC(=O)[C@H](CC)N(Cc1ccc(C)cc1)C(=O)Cc1ccc(C)cc1. The molecule has 0 bridgehead atoms. The molecule has 1 atom stereocenters. The molecule has 1 N–H and O–H groups in total. The van der Waals surface area contributed by atoms with Crippen molar-refractivity contribution in [2.75, 3.05) is 6.54 Å². The number of carbonyl (C=O) groups is 2. The monoisotopic (exact) mass is 394 g/mol. The lowest BCUT2D eigenvalue weighted by Gasteiger charge is -2.31. The first-order valence-electron chi connectivity index (χ1n) is 10.6. The van der Waals surface area contributed by atoms with Crippen LogP contribution in [0.4, 0.5) is 0 Å². The van der Waals surface area contributed by atoms with Gasteiger partial charge in [-0.1, -0.05) is 79.9 Å². The summed E-state index contributed by atoms with van der Waals surface area (Å²) in [6.07, 6.45) is 2.85. The van der Waals surface area contributed by atoms with Gasteiger partial charge >= 0.3 is 0 Å². The number of carbonyl (C=O) groups excluding carboxylic acids is 2. The number of nitrogens with zero attached hydrogens (tertiary/aromatic N) is 1. The van der Waals surface area contributed by atoms with E-state index in [0.717, 1.165) is 24.0 Å². The molecule has 4 nitrogen and oxygen atoms in total. The van der Waals surface area contributed by atoms with Crippen LogP contribution in [-0.2, 0) is 22.6 Å². The van der Waals surface area contributed by atoms with Gasteiger partial charge in [0.15, 0.2) is 0 Å². The number of rotatable bonds is 10. The third-order valence-electron chi connectivity index (χ3n) is 5.16. The molecule has 0 radical (unpaired) electrons. The zero-order valence-corrected chi connectivity index (χ0v) is 18.2. The fourth-order valence-electron chi connectivity index (χ4n) is 3.30. The highest BCUT2D eigenvalue weighted by Crippen LogP contribution is 2.16. The average molecular weight is 395 g/mol. The van der Waals surface area contributed by atoms with Gasteiger partial charge in [0.25, 0.3) is 0 Å². The summed E-state index contributed by atoms with van der Waals surface area (Å²) in [4.78, 5) is 27.8. The molecule has 4 heteroatoms. The van der Waals surface area contributed by atoms with E-state index in [-0.39, 0.29) is 11.8 Å². The number of amides is 2. The van der Waals surface area contributed by atoms with Gasteiger partial charge in [-0.3, -0.25) is 9.59 Å². The van der Waals surface area contributed by atoms with E-state index in [2.05, 4.69) is 12.2 Å². The molecule has 0 unspecified atom stereocenters. The van der Waals surface area contributed by atoms with Crippen molar-refractivity contribution in [1.82, 2.24) is 10.2 Å². The van der Waals surface area contributed by atoms with E-state index in [1.165, 1.54) is 11.1 Å². The van der Waals surface area contributed by atoms with Gasteiger partial charge in [0.05, 0.1) is 6.42 Å². The Hall–Kier alpha value is -2.62. The van der Waals surface area contributed by atoms with Crippen molar-refractivity contribution in [3.63, 3.8) is 0 Å². The topological polar surface area (TPSA) is 49.4 Å². The van der Waals surface area contributed by atoms with Gasteiger partial charge in [-0.25, -0.2) is 0 Å². The lowest BCUT2D eigenvalue weighted by molar-refractivity contribution is -0.140. The second-order valence-corrected chi connectivity index (χ2v) is 7.74. The summed E-state index contributed by atoms with van der Waals surface area (Å²) in [5, 5.41) is 3.00. The number of hydrogen-bond donors (Lipinski definition) is 1. The van der Waals surface area contributed by atoms with Crippen LogP contribution in [-0.4, -0.2) is 29.3 Å². The molecule has 0 heterocycles. The minimum absolute atomic E-state index is 0.0214. The van der Waals surface area contributed by atoms with Crippen molar-refractivity contribution in [2.45, 2.75) is 66.0 Å². The van der Waals surface area contributed by atoms with Crippen molar-refractivity contribution >= 4 is 11.8 Å². The molecule has 2 amide bonds.